The Morgan fingerprint density at radius 1 is 1.03 bits per heavy atom. The van der Waals surface area contributed by atoms with Gasteiger partial charge in [0.25, 0.3) is 5.91 Å². The van der Waals surface area contributed by atoms with Crippen LogP contribution >= 0.6 is 0 Å². The van der Waals surface area contributed by atoms with Crippen LogP contribution in [0.1, 0.15) is 62.1 Å². The monoisotopic (exact) mass is 432 g/mol. The van der Waals surface area contributed by atoms with E-state index in [2.05, 4.69) is 48.7 Å². The van der Waals surface area contributed by atoms with Crippen LogP contribution in [0.25, 0.3) is 0 Å². The van der Waals surface area contributed by atoms with E-state index in [4.69, 9.17) is 4.74 Å². The summed E-state index contributed by atoms with van der Waals surface area (Å²) in [5, 5.41) is 6.21. The number of rotatable bonds is 4. The lowest BCUT2D eigenvalue weighted by atomic mass is 9.59. The lowest BCUT2D eigenvalue weighted by Crippen LogP contribution is -2.58. The SMILES string of the molecule is CC(=O)Nc1ccc(C(=O)N[C@H]2C(C)(C)[C@@H]3C[C@@H]4[C@@H](c5ccccc5)OCCC42C3)cc1. The Hall–Kier alpha value is -2.66. The van der Waals surface area contributed by atoms with Crippen LogP contribution in [0.2, 0.25) is 0 Å². The van der Waals surface area contributed by atoms with Gasteiger partial charge in [-0.05, 0) is 71.8 Å². The molecule has 2 amide bonds. The normalized spacial score (nSPS) is 32.2. The zero-order valence-corrected chi connectivity index (χ0v) is 19.1. The van der Waals surface area contributed by atoms with E-state index in [1.807, 2.05) is 6.07 Å². The Morgan fingerprint density at radius 2 is 1.75 bits per heavy atom. The van der Waals surface area contributed by atoms with Crippen molar-refractivity contribution < 1.29 is 14.3 Å². The summed E-state index contributed by atoms with van der Waals surface area (Å²) in [4.78, 5) is 24.6. The highest BCUT2D eigenvalue weighted by Crippen LogP contribution is 2.70. The van der Waals surface area contributed by atoms with Crippen molar-refractivity contribution >= 4 is 17.5 Å². The van der Waals surface area contributed by atoms with E-state index in [-0.39, 0.29) is 34.8 Å². The molecule has 2 aromatic carbocycles. The molecule has 5 atom stereocenters. The molecule has 1 spiro atoms. The average molecular weight is 433 g/mol. The van der Waals surface area contributed by atoms with E-state index >= 15 is 0 Å². The third-order valence-corrected chi connectivity index (χ3v) is 8.38. The first-order valence-electron chi connectivity index (χ1n) is 11.7. The van der Waals surface area contributed by atoms with Crippen molar-refractivity contribution in [3.8, 4) is 0 Å². The molecule has 3 fully saturated rings. The molecule has 1 saturated heterocycles. The number of hydrogen-bond acceptors (Lipinski definition) is 3. The van der Waals surface area contributed by atoms with Gasteiger partial charge in [0.2, 0.25) is 5.91 Å². The van der Waals surface area contributed by atoms with Crippen LogP contribution in [0.5, 0.6) is 0 Å². The largest absolute Gasteiger partial charge is 0.373 e. The van der Waals surface area contributed by atoms with Crippen molar-refractivity contribution in [3.05, 3.63) is 65.7 Å². The van der Waals surface area contributed by atoms with E-state index in [0.717, 1.165) is 25.9 Å². The van der Waals surface area contributed by atoms with Gasteiger partial charge in [-0.1, -0.05) is 44.2 Å². The Bertz CT molecular complexity index is 1020. The predicted octanol–water partition coefficient (Wildman–Crippen LogP) is 4.96. The topological polar surface area (TPSA) is 67.4 Å². The van der Waals surface area contributed by atoms with Gasteiger partial charge in [-0.3, -0.25) is 9.59 Å². The maximum Gasteiger partial charge on any atom is 0.251 e. The zero-order chi connectivity index (χ0) is 22.5. The molecule has 5 rings (SSSR count). The first-order valence-corrected chi connectivity index (χ1v) is 11.7. The fourth-order valence-electron chi connectivity index (χ4n) is 6.88. The van der Waals surface area contributed by atoms with Crippen LogP contribution in [0.3, 0.4) is 0 Å². The van der Waals surface area contributed by atoms with Crippen molar-refractivity contribution in [2.24, 2.45) is 22.7 Å². The van der Waals surface area contributed by atoms with Crippen molar-refractivity contribution in [1.82, 2.24) is 5.32 Å². The summed E-state index contributed by atoms with van der Waals surface area (Å²) in [6.07, 6.45) is 3.41. The number of benzene rings is 2. The Kier molecular flexibility index (Phi) is 5.12. The number of fused-ring (bicyclic) bond motifs is 1. The van der Waals surface area contributed by atoms with Crippen molar-refractivity contribution in [1.29, 1.82) is 0 Å². The molecular weight excluding hydrogens is 400 g/mol. The first kappa shape index (κ1) is 21.2. The highest BCUT2D eigenvalue weighted by Gasteiger charge is 2.68. The van der Waals surface area contributed by atoms with Crippen LogP contribution in [0.4, 0.5) is 5.69 Å². The smallest absolute Gasteiger partial charge is 0.251 e. The van der Waals surface area contributed by atoms with Gasteiger partial charge in [0.05, 0.1) is 6.10 Å². The number of nitrogens with one attached hydrogen (secondary N) is 2. The molecule has 2 aromatic rings. The van der Waals surface area contributed by atoms with Crippen LogP contribution in [-0.2, 0) is 9.53 Å². The third-order valence-electron chi connectivity index (χ3n) is 8.38. The molecule has 1 heterocycles. The summed E-state index contributed by atoms with van der Waals surface area (Å²) >= 11 is 0. The minimum absolute atomic E-state index is 0.0409. The molecule has 5 nitrogen and oxygen atoms in total. The highest BCUT2D eigenvalue weighted by atomic mass is 16.5. The number of ether oxygens (including phenoxy) is 1. The second-order valence-electron chi connectivity index (χ2n) is 10.4. The van der Waals surface area contributed by atoms with E-state index in [1.165, 1.54) is 12.5 Å². The van der Waals surface area contributed by atoms with Crippen LogP contribution in [-0.4, -0.2) is 24.5 Å². The summed E-state index contributed by atoms with van der Waals surface area (Å²) in [7, 11) is 0. The molecule has 3 aliphatic rings. The van der Waals surface area contributed by atoms with E-state index in [0.29, 0.717) is 23.1 Å². The van der Waals surface area contributed by atoms with Gasteiger partial charge in [0.15, 0.2) is 0 Å². The summed E-state index contributed by atoms with van der Waals surface area (Å²) < 4.78 is 6.33. The van der Waals surface area contributed by atoms with E-state index in [1.54, 1.807) is 24.3 Å². The van der Waals surface area contributed by atoms with Gasteiger partial charge in [-0.2, -0.15) is 0 Å². The highest BCUT2D eigenvalue weighted by molar-refractivity contribution is 5.95. The third kappa shape index (κ3) is 3.34. The minimum Gasteiger partial charge on any atom is -0.373 e. The van der Waals surface area contributed by atoms with E-state index < -0.39 is 0 Å². The Labute approximate surface area is 189 Å². The molecule has 2 aliphatic carbocycles. The maximum atomic E-state index is 13.3. The van der Waals surface area contributed by atoms with Gasteiger partial charge in [0, 0.05) is 30.8 Å². The van der Waals surface area contributed by atoms with Crippen LogP contribution < -0.4 is 10.6 Å². The molecule has 1 unspecified atom stereocenters. The van der Waals surface area contributed by atoms with Crippen molar-refractivity contribution in [3.63, 3.8) is 0 Å². The van der Waals surface area contributed by atoms with Gasteiger partial charge in [0.1, 0.15) is 0 Å². The number of carbonyl (C=O) groups is 2. The van der Waals surface area contributed by atoms with Crippen LogP contribution in [0, 0.1) is 22.7 Å². The fourth-order valence-corrected chi connectivity index (χ4v) is 6.88. The molecule has 1 aliphatic heterocycles. The van der Waals surface area contributed by atoms with Gasteiger partial charge in [-0.25, -0.2) is 0 Å². The standard InChI is InChI=1S/C27H32N2O3/c1-17(30)28-21-11-9-19(10-12-21)24(31)29-25-26(2,3)20-15-22-23(18-7-5-4-6-8-18)32-14-13-27(22,25)16-20/h4-12,20,22-23,25H,13-16H2,1-3H3,(H,28,30)(H,29,31)/t20-,22-,23-,25+,27?/m1/s1. The molecule has 2 saturated carbocycles. The molecule has 32 heavy (non-hydrogen) atoms. The maximum absolute atomic E-state index is 13.3. The number of hydrogen-bond donors (Lipinski definition) is 2. The summed E-state index contributed by atoms with van der Waals surface area (Å²) in [6.45, 7) is 6.85. The lowest BCUT2D eigenvalue weighted by Gasteiger charge is -2.53. The Balaban J connectivity index is 1.41. The van der Waals surface area contributed by atoms with Gasteiger partial charge < -0.3 is 15.4 Å². The minimum atomic E-state index is -0.122. The zero-order valence-electron chi connectivity index (χ0n) is 19.1. The summed E-state index contributed by atoms with van der Waals surface area (Å²) in [5.41, 5.74) is 2.68. The summed E-state index contributed by atoms with van der Waals surface area (Å²) in [5.74, 6) is 0.835. The van der Waals surface area contributed by atoms with Gasteiger partial charge in [-0.15, -0.1) is 0 Å². The molecular formula is C27H32N2O3. The molecule has 2 N–H and O–H groups in total. The lowest BCUT2D eigenvalue weighted by molar-refractivity contribution is -0.120. The molecule has 5 heteroatoms. The molecule has 0 radical (unpaired) electrons. The first-order chi connectivity index (χ1) is 15.3. The van der Waals surface area contributed by atoms with Gasteiger partial charge >= 0.3 is 0 Å². The molecule has 168 valence electrons. The average Bonchev–Trinajstić information content (AvgIpc) is 3.26. The van der Waals surface area contributed by atoms with Crippen molar-refractivity contribution in [2.45, 2.75) is 52.2 Å². The van der Waals surface area contributed by atoms with Crippen LogP contribution in [0.15, 0.2) is 54.6 Å². The summed E-state index contributed by atoms with van der Waals surface area (Å²) in [6, 6.07) is 17.8. The fraction of sp³-hybridized carbons (Fsp3) is 0.481. The Morgan fingerprint density at radius 3 is 2.44 bits per heavy atom. The second kappa shape index (κ2) is 7.73. The number of carbonyl (C=O) groups excluding carboxylic acids is 2. The molecule has 0 aromatic heterocycles. The second-order valence-corrected chi connectivity index (χ2v) is 10.4. The number of amides is 2. The molecule has 2 bridgehead atoms. The predicted molar refractivity (Wildman–Crippen MR) is 124 cm³/mol. The number of anilines is 1. The van der Waals surface area contributed by atoms with Crippen molar-refractivity contribution in [2.75, 3.05) is 11.9 Å². The van der Waals surface area contributed by atoms with E-state index in [9.17, 15) is 9.59 Å². The quantitative estimate of drug-likeness (QED) is 0.718.